The number of amides is 2. The van der Waals surface area contributed by atoms with Crippen molar-refractivity contribution in [2.75, 3.05) is 24.6 Å². The highest BCUT2D eigenvalue weighted by molar-refractivity contribution is 7.99. The van der Waals surface area contributed by atoms with Crippen LogP contribution in [0.15, 0.2) is 0 Å². The smallest absolute Gasteiger partial charge is 0.225 e. The van der Waals surface area contributed by atoms with E-state index in [9.17, 15) is 9.59 Å². The molecular formula is C18H31N3O2S. The Morgan fingerprint density at radius 3 is 2.38 bits per heavy atom. The predicted molar refractivity (Wildman–Crippen MR) is 97.7 cm³/mol. The van der Waals surface area contributed by atoms with Gasteiger partial charge in [0.25, 0.3) is 0 Å². The Morgan fingerprint density at radius 1 is 1.04 bits per heavy atom. The average molecular weight is 354 g/mol. The predicted octanol–water partition coefficient (Wildman–Crippen LogP) is 1.75. The van der Waals surface area contributed by atoms with E-state index in [-0.39, 0.29) is 23.9 Å². The van der Waals surface area contributed by atoms with Crippen molar-refractivity contribution in [2.24, 2.45) is 17.6 Å². The van der Waals surface area contributed by atoms with Crippen molar-refractivity contribution in [2.45, 2.75) is 63.5 Å². The molecule has 2 atom stereocenters. The van der Waals surface area contributed by atoms with Crippen LogP contribution in [-0.4, -0.2) is 53.4 Å². The quantitative estimate of drug-likeness (QED) is 0.807. The van der Waals surface area contributed by atoms with E-state index < -0.39 is 0 Å². The number of hydrogen-bond acceptors (Lipinski definition) is 4. The number of thioether (sulfide) groups is 1. The number of carbonyl (C=O) groups excluding carboxylic acids is 2. The van der Waals surface area contributed by atoms with E-state index in [0.717, 1.165) is 69.5 Å². The van der Waals surface area contributed by atoms with Gasteiger partial charge in [-0.3, -0.25) is 9.59 Å². The van der Waals surface area contributed by atoms with Gasteiger partial charge in [0.05, 0.1) is 0 Å². The highest BCUT2D eigenvalue weighted by Gasteiger charge is 2.31. The molecule has 2 amide bonds. The summed E-state index contributed by atoms with van der Waals surface area (Å²) in [6, 6.07) is 0.447. The molecule has 0 unspecified atom stereocenters. The van der Waals surface area contributed by atoms with E-state index in [2.05, 4.69) is 5.32 Å². The molecule has 2 saturated carbocycles. The Kier molecular flexibility index (Phi) is 6.44. The maximum atomic E-state index is 12.6. The van der Waals surface area contributed by atoms with Gasteiger partial charge in [0.2, 0.25) is 11.8 Å². The first-order valence-corrected chi connectivity index (χ1v) is 10.7. The molecule has 1 saturated heterocycles. The molecule has 1 aliphatic heterocycles. The average Bonchev–Trinajstić information content (AvgIpc) is 3.00. The van der Waals surface area contributed by atoms with E-state index in [1.807, 2.05) is 16.7 Å². The zero-order valence-corrected chi connectivity index (χ0v) is 15.4. The van der Waals surface area contributed by atoms with Crippen molar-refractivity contribution >= 4 is 23.6 Å². The van der Waals surface area contributed by atoms with Crippen molar-refractivity contribution in [3.63, 3.8) is 0 Å². The fourth-order valence-corrected chi connectivity index (χ4v) is 5.27. The van der Waals surface area contributed by atoms with Crippen LogP contribution < -0.4 is 11.1 Å². The lowest BCUT2D eigenvalue weighted by Crippen LogP contribution is -2.45. The van der Waals surface area contributed by atoms with Gasteiger partial charge in [0, 0.05) is 49.0 Å². The molecule has 3 aliphatic rings. The summed E-state index contributed by atoms with van der Waals surface area (Å²) in [7, 11) is 0. The van der Waals surface area contributed by atoms with Crippen LogP contribution >= 0.6 is 11.8 Å². The molecule has 3 fully saturated rings. The van der Waals surface area contributed by atoms with Crippen LogP contribution in [0.25, 0.3) is 0 Å². The molecular weight excluding hydrogens is 322 g/mol. The van der Waals surface area contributed by atoms with Crippen molar-refractivity contribution in [1.29, 1.82) is 0 Å². The van der Waals surface area contributed by atoms with Crippen LogP contribution in [0.1, 0.15) is 51.4 Å². The number of rotatable bonds is 4. The number of nitrogens with two attached hydrogens (primary N) is 1. The Labute approximate surface area is 149 Å². The van der Waals surface area contributed by atoms with Crippen LogP contribution in [0.2, 0.25) is 0 Å². The molecule has 24 heavy (non-hydrogen) atoms. The van der Waals surface area contributed by atoms with Crippen LogP contribution in [-0.2, 0) is 9.59 Å². The van der Waals surface area contributed by atoms with Gasteiger partial charge in [0.15, 0.2) is 0 Å². The third-order valence-electron chi connectivity index (χ3n) is 5.93. The number of nitrogens with one attached hydrogen (secondary N) is 1. The third kappa shape index (κ3) is 4.66. The minimum absolute atomic E-state index is 0.153. The molecule has 0 aromatic rings. The summed E-state index contributed by atoms with van der Waals surface area (Å²) in [6.07, 6.45) is 7.56. The second-order valence-corrected chi connectivity index (χ2v) is 8.84. The number of carbonyl (C=O) groups is 2. The minimum Gasteiger partial charge on any atom is -0.353 e. The second-order valence-electron chi connectivity index (χ2n) is 7.61. The van der Waals surface area contributed by atoms with Crippen molar-refractivity contribution < 1.29 is 9.59 Å². The number of hydrogen-bond donors (Lipinski definition) is 2. The molecule has 3 rings (SSSR count). The van der Waals surface area contributed by atoms with Gasteiger partial charge in [-0.05, 0) is 44.4 Å². The zero-order valence-electron chi connectivity index (χ0n) is 14.5. The molecule has 0 bridgehead atoms. The van der Waals surface area contributed by atoms with Crippen LogP contribution in [0, 0.1) is 11.8 Å². The summed E-state index contributed by atoms with van der Waals surface area (Å²) in [5.74, 6) is 3.17. The summed E-state index contributed by atoms with van der Waals surface area (Å²) in [6.45, 7) is 1.81. The summed E-state index contributed by atoms with van der Waals surface area (Å²) in [5, 5.41) is 3.18. The Hall–Kier alpha value is -0.750. The molecule has 1 heterocycles. The second kappa shape index (κ2) is 8.56. The third-order valence-corrected chi connectivity index (χ3v) is 6.87. The fourth-order valence-electron chi connectivity index (χ4n) is 4.37. The van der Waals surface area contributed by atoms with Crippen molar-refractivity contribution in [3.05, 3.63) is 0 Å². The Balaban J connectivity index is 1.38. The largest absolute Gasteiger partial charge is 0.353 e. The lowest BCUT2D eigenvalue weighted by molar-refractivity contribution is -0.136. The summed E-state index contributed by atoms with van der Waals surface area (Å²) in [4.78, 5) is 26.8. The number of nitrogens with zero attached hydrogens (tertiary/aromatic N) is 1. The highest BCUT2D eigenvalue weighted by atomic mass is 32.2. The van der Waals surface area contributed by atoms with Crippen molar-refractivity contribution in [3.8, 4) is 0 Å². The molecule has 0 aromatic heterocycles. The van der Waals surface area contributed by atoms with Gasteiger partial charge in [-0.1, -0.05) is 6.42 Å². The van der Waals surface area contributed by atoms with Crippen LogP contribution in [0.4, 0.5) is 0 Å². The summed E-state index contributed by atoms with van der Waals surface area (Å²) >= 11 is 1.93. The van der Waals surface area contributed by atoms with Crippen molar-refractivity contribution in [1.82, 2.24) is 10.2 Å². The van der Waals surface area contributed by atoms with Gasteiger partial charge in [-0.15, -0.1) is 0 Å². The van der Waals surface area contributed by atoms with E-state index >= 15 is 0 Å². The molecule has 5 nitrogen and oxygen atoms in total. The molecule has 2 aliphatic carbocycles. The fraction of sp³-hybridized carbons (Fsp3) is 0.889. The van der Waals surface area contributed by atoms with E-state index in [1.165, 1.54) is 0 Å². The molecule has 0 spiro atoms. The van der Waals surface area contributed by atoms with Crippen LogP contribution in [0.3, 0.4) is 0 Å². The van der Waals surface area contributed by atoms with Gasteiger partial charge < -0.3 is 16.0 Å². The first-order valence-electron chi connectivity index (χ1n) is 9.55. The lowest BCUT2D eigenvalue weighted by atomic mass is 9.85. The molecule has 0 aromatic carbocycles. The maximum Gasteiger partial charge on any atom is 0.225 e. The van der Waals surface area contributed by atoms with Gasteiger partial charge in [-0.25, -0.2) is 0 Å². The first-order chi connectivity index (χ1) is 11.6. The normalized spacial score (nSPS) is 34.1. The molecule has 0 radical (unpaired) electrons. The minimum atomic E-state index is 0.153. The SMILES string of the molecule is N[C@@H]1CCC[C@H]1CC(=O)NC1CCC(C(=O)N2CCSCC2)CC1. The highest BCUT2D eigenvalue weighted by Crippen LogP contribution is 2.29. The maximum absolute atomic E-state index is 12.6. The zero-order chi connectivity index (χ0) is 16.9. The standard InChI is InChI=1S/C18H31N3O2S/c19-16-3-1-2-14(16)12-17(22)20-15-6-4-13(5-7-15)18(23)21-8-10-24-11-9-21/h13-16H,1-12,19H2,(H,20,22)/t13?,14-,15?,16+/m0/s1. The summed E-state index contributed by atoms with van der Waals surface area (Å²) < 4.78 is 0. The lowest BCUT2D eigenvalue weighted by Gasteiger charge is -2.34. The van der Waals surface area contributed by atoms with Crippen LogP contribution in [0.5, 0.6) is 0 Å². The molecule has 3 N–H and O–H groups in total. The van der Waals surface area contributed by atoms with Gasteiger partial charge in [0.1, 0.15) is 0 Å². The summed E-state index contributed by atoms with van der Waals surface area (Å²) in [5.41, 5.74) is 6.06. The van der Waals surface area contributed by atoms with Gasteiger partial charge in [-0.2, -0.15) is 11.8 Å². The van der Waals surface area contributed by atoms with E-state index in [4.69, 9.17) is 5.73 Å². The topological polar surface area (TPSA) is 75.4 Å². The first kappa shape index (κ1) is 18.1. The Morgan fingerprint density at radius 2 is 1.75 bits per heavy atom. The van der Waals surface area contributed by atoms with Gasteiger partial charge >= 0.3 is 0 Å². The molecule has 136 valence electrons. The van der Waals surface area contributed by atoms with E-state index in [1.54, 1.807) is 0 Å². The Bertz CT molecular complexity index is 446. The molecule has 6 heteroatoms. The monoisotopic (exact) mass is 353 g/mol. The van der Waals surface area contributed by atoms with E-state index in [0.29, 0.717) is 18.2 Å².